The van der Waals surface area contributed by atoms with Gasteiger partial charge in [0.05, 0.1) is 22.5 Å². The largest absolute Gasteiger partial charge is 0.512 e. The Kier molecular flexibility index (Phi) is 10.1. The van der Waals surface area contributed by atoms with Gasteiger partial charge >= 0.3 is 0 Å². The van der Waals surface area contributed by atoms with Crippen LogP contribution in [0.1, 0.15) is 19.5 Å². The van der Waals surface area contributed by atoms with Crippen LogP contribution in [-0.2, 0) is 24.9 Å². The molecule has 5 heteroatoms. The summed E-state index contributed by atoms with van der Waals surface area (Å²) in [5, 5.41) is 13.1. The van der Waals surface area contributed by atoms with Crippen LogP contribution in [0.2, 0.25) is 0 Å². The van der Waals surface area contributed by atoms with Gasteiger partial charge in [-0.05, 0) is 65.9 Å². The fourth-order valence-electron chi connectivity index (χ4n) is 4.72. The van der Waals surface area contributed by atoms with Crippen LogP contribution in [-0.4, -0.2) is 20.9 Å². The van der Waals surface area contributed by atoms with Gasteiger partial charge in [0.2, 0.25) is 0 Å². The molecule has 0 fully saturated rings. The van der Waals surface area contributed by atoms with Gasteiger partial charge in [-0.2, -0.15) is 0 Å². The minimum atomic E-state index is -0.125. The Balaban J connectivity index is 0.000000439. The molecule has 0 saturated carbocycles. The summed E-state index contributed by atoms with van der Waals surface area (Å²) in [5.74, 6) is -0.0625. The van der Waals surface area contributed by atoms with Crippen molar-refractivity contribution in [3.8, 4) is 22.3 Å². The molecule has 0 saturated heterocycles. The predicted molar refractivity (Wildman–Crippen MR) is 164 cm³/mol. The maximum atomic E-state index is 10.0. The molecule has 0 aliphatic rings. The van der Waals surface area contributed by atoms with Gasteiger partial charge in [-0.25, -0.2) is 4.98 Å². The van der Waals surface area contributed by atoms with Crippen LogP contribution < -0.4 is 0 Å². The number of aromatic nitrogens is 2. The fraction of sp³-hybridized carbons (Fsp3) is 0.0857. The molecule has 0 unspecified atom stereocenters. The van der Waals surface area contributed by atoms with Gasteiger partial charge in [-0.1, -0.05) is 84.9 Å². The average Bonchev–Trinajstić information content (AvgIpc) is 2.93. The van der Waals surface area contributed by atoms with Crippen LogP contribution in [0.15, 0.2) is 115 Å². The standard InChI is InChI=1S/C29H20N2.C5H8O2.CH3.Ir/c1-19-18-30-28-24-14-12-22(20-8-4-2-5-9-20)16-26(24)27-17-23(21-10-6-3-7-11-21)13-15-25(27)29(28)31-19;1-4(6)3-5(2)7;;/h2-18H,1H3;3,6H,1-2H3;1H3;/q;;-1;/b;4-3-;;. The number of hydrogen-bond acceptors (Lipinski definition) is 4. The summed E-state index contributed by atoms with van der Waals surface area (Å²) in [7, 11) is 0. The van der Waals surface area contributed by atoms with Crippen molar-refractivity contribution in [3.05, 3.63) is 128 Å². The first-order valence-corrected chi connectivity index (χ1v) is 12.5. The van der Waals surface area contributed by atoms with Crippen LogP contribution >= 0.6 is 0 Å². The van der Waals surface area contributed by atoms with Gasteiger partial charge in [0.25, 0.3) is 0 Å². The number of carbonyl (C=O) groups excluding carboxylic acids is 1. The molecule has 1 heterocycles. The molecule has 1 aromatic heterocycles. The summed E-state index contributed by atoms with van der Waals surface area (Å²) in [6.07, 6.45) is 3.02. The molecule has 0 aliphatic heterocycles. The molecule has 0 bridgehead atoms. The van der Waals surface area contributed by atoms with Crippen molar-refractivity contribution in [3.63, 3.8) is 0 Å². The van der Waals surface area contributed by atoms with E-state index in [-0.39, 0.29) is 39.1 Å². The maximum Gasteiger partial charge on any atom is 0.155 e. The Bertz CT molecular complexity index is 1810. The summed E-state index contributed by atoms with van der Waals surface area (Å²) >= 11 is 0. The molecule has 203 valence electrons. The quantitative estimate of drug-likeness (QED) is 0.0865. The van der Waals surface area contributed by atoms with E-state index in [1.807, 2.05) is 13.1 Å². The first kappa shape index (κ1) is 30.4. The minimum Gasteiger partial charge on any atom is -0.512 e. The Labute approximate surface area is 248 Å². The fourth-order valence-corrected chi connectivity index (χ4v) is 4.72. The van der Waals surface area contributed by atoms with E-state index >= 15 is 0 Å². The second-order valence-electron chi connectivity index (χ2n) is 9.36. The number of nitrogens with zero attached hydrogens (tertiary/aromatic N) is 2. The van der Waals surface area contributed by atoms with E-state index in [9.17, 15) is 4.79 Å². The SMILES string of the molecule is CC(=O)/C=C(/C)O.Cc1cnc2c3ccc(-c4ccccc4)cc3c3cc(-c4ccccc4)ccc3c2n1.[CH3-].[Ir]. The van der Waals surface area contributed by atoms with Crippen molar-refractivity contribution < 1.29 is 30.0 Å². The van der Waals surface area contributed by atoms with Crippen LogP contribution in [0.3, 0.4) is 0 Å². The zero-order chi connectivity index (χ0) is 26.6. The number of aliphatic hydroxyl groups is 1. The summed E-state index contributed by atoms with van der Waals surface area (Å²) in [5.41, 5.74) is 7.70. The molecule has 0 amide bonds. The number of aliphatic hydroxyl groups excluding tert-OH is 1. The topological polar surface area (TPSA) is 63.1 Å². The van der Waals surface area contributed by atoms with Crippen LogP contribution in [0.25, 0.3) is 54.8 Å². The molecule has 6 rings (SSSR count). The predicted octanol–water partition coefficient (Wildman–Crippen LogP) is 9.06. The van der Waals surface area contributed by atoms with Crippen LogP contribution in [0.5, 0.6) is 0 Å². The van der Waals surface area contributed by atoms with E-state index in [2.05, 4.69) is 97.1 Å². The molecule has 0 spiro atoms. The molecular weight excluding hydrogens is 673 g/mol. The van der Waals surface area contributed by atoms with E-state index in [0.29, 0.717) is 0 Å². The molecule has 4 nitrogen and oxygen atoms in total. The van der Waals surface area contributed by atoms with Gasteiger partial charge < -0.3 is 12.5 Å². The number of allylic oxidation sites excluding steroid dienone is 2. The third-order valence-electron chi connectivity index (χ3n) is 6.36. The molecular formula is C35H31IrN2O2-. The van der Waals surface area contributed by atoms with Crippen molar-refractivity contribution in [2.45, 2.75) is 20.8 Å². The molecule has 0 atom stereocenters. The Morgan fingerprint density at radius 2 is 1.15 bits per heavy atom. The molecule has 1 radical (unpaired) electrons. The van der Waals surface area contributed by atoms with Gasteiger partial charge in [0, 0.05) is 43.2 Å². The number of hydrogen-bond donors (Lipinski definition) is 1. The normalized spacial score (nSPS) is 10.8. The summed E-state index contributed by atoms with van der Waals surface area (Å²) in [6, 6.07) is 34.4. The summed E-state index contributed by atoms with van der Waals surface area (Å²) in [6.45, 7) is 4.85. The molecule has 6 aromatic rings. The van der Waals surface area contributed by atoms with Crippen molar-refractivity contribution in [2.75, 3.05) is 0 Å². The first-order valence-electron chi connectivity index (χ1n) is 12.5. The first-order chi connectivity index (χ1) is 18.4. The van der Waals surface area contributed by atoms with Crippen molar-refractivity contribution >= 4 is 38.4 Å². The second-order valence-corrected chi connectivity index (χ2v) is 9.36. The van der Waals surface area contributed by atoms with Gasteiger partial charge in [-0.15, -0.1) is 0 Å². The van der Waals surface area contributed by atoms with E-state index in [1.54, 1.807) is 0 Å². The van der Waals surface area contributed by atoms with Crippen molar-refractivity contribution in [1.82, 2.24) is 9.97 Å². The number of rotatable bonds is 3. The number of carbonyl (C=O) groups is 1. The number of benzene rings is 5. The molecule has 1 N–H and O–H groups in total. The molecule has 5 aromatic carbocycles. The van der Waals surface area contributed by atoms with Gasteiger partial charge in [0.15, 0.2) is 5.78 Å². The van der Waals surface area contributed by atoms with Crippen molar-refractivity contribution in [2.24, 2.45) is 0 Å². The van der Waals surface area contributed by atoms with Crippen LogP contribution in [0.4, 0.5) is 0 Å². The second kappa shape index (κ2) is 13.3. The average molecular weight is 704 g/mol. The van der Waals surface area contributed by atoms with Gasteiger partial charge in [0.1, 0.15) is 0 Å². The summed E-state index contributed by atoms with van der Waals surface area (Å²) in [4.78, 5) is 19.7. The van der Waals surface area contributed by atoms with Gasteiger partial charge in [-0.3, -0.25) is 9.78 Å². The Morgan fingerprint density at radius 1 is 0.675 bits per heavy atom. The summed E-state index contributed by atoms with van der Waals surface area (Å²) < 4.78 is 0. The zero-order valence-corrected chi connectivity index (χ0v) is 25.4. The van der Waals surface area contributed by atoms with E-state index in [1.165, 1.54) is 52.9 Å². The Hall–Kier alpha value is -4.18. The molecule has 0 aliphatic carbocycles. The van der Waals surface area contributed by atoms with E-state index in [0.717, 1.165) is 27.5 Å². The third-order valence-corrected chi connectivity index (χ3v) is 6.36. The maximum absolute atomic E-state index is 10.0. The van der Waals surface area contributed by atoms with Crippen molar-refractivity contribution in [1.29, 1.82) is 0 Å². The number of aryl methyl sites for hydroxylation is 1. The monoisotopic (exact) mass is 704 g/mol. The third kappa shape index (κ3) is 6.51. The van der Waals surface area contributed by atoms with E-state index in [4.69, 9.17) is 15.1 Å². The number of ketones is 1. The van der Waals surface area contributed by atoms with E-state index < -0.39 is 0 Å². The molecule has 40 heavy (non-hydrogen) atoms. The Morgan fingerprint density at radius 3 is 1.57 bits per heavy atom. The smallest absolute Gasteiger partial charge is 0.155 e. The minimum absolute atomic E-state index is 0. The zero-order valence-electron chi connectivity index (χ0n) is 23.0. The number of fused-ring (bicyclic) bond motifs is 6. The van der Waals surface area contributed by atoms with Crippen LogP contribution in [0, 0.1) is 14.4 Å².